The lowest BCUT2D eigenvalue weighted by atomic mass is 10.2. The molecule has 1 unspecified atom stereocenters. The van der Waals surface area contributed by atoms with E-state index in [-0.39, 0.29) is 12.6 Å². The van der Waals surface area contributed by atoms with E-state index in [1.807, 2.05) is 11.3 Å². The van der Waals surface area contributed by atoms with Crippen molar-refractivity contribution >= 4 is 11.3 Å². The highest BCUT2D eigenvalue weighted by Crippen LogP contribution is 2.28. The molecular weight excluding hydrogens is 220 g/mol. The molecule has 0 radical (unpaired) electrons. The minimum absolute atomic E-state index is 0.190. The zero-order valence-electron chi connectivity index (χ0n) is 9.83. The average Bonchev–Trinajstić information content (AvgIpc) is 2.58. The third kappa shape index (κ3) is 2.81. The van der Waals surface area contributed by atoms with E-state index in [4.69, 9.17) is 10.1 Å². The molecule has 0 amide bonds. The van der Waals surface area contributed by atoms with Crippen LogP contribution in [0.2, 0.25) is 0 Å². The molecule has 1 heterocycles. The minimum atomic E-state index is 0.190. The molecule has 0 spiro atoms. The Hall–Kier alpha value is -0.450. The minimum Gasteiger partial charge on any atom is -0.395 e. The van der Waals surface area contributed by atoms with Gasteiger partial charge in [-0.25, -0.2) is 4.98 Å². The summed E-state index contributed by atoms with van der Waals surface area (Å²) in [6, 6.07) is 0.268. The Balaban J connectivity index is 2.05. The summed E-state index contributed by atoms with van der Waals surface area (Å²) in [7, 11) is 0. The van der Waals surface area contributed by atoms with Crippen LogP contribution in [0.5, 0.6) is 0 Å². The number of hydrogen-bond acceptors (Lipinski definition) is 4. The maximum atomic E-state index is 8.78. The Bertz CT molecular complexity index is 314. The number of aromatic nitrogens is 1. The van der Waals surface area contributed by atoms with E-state index in [2.05, 4.69) is 12.2 Å². The van der Waals surface area contributed by atoms with Gasteiger partial charge in [-0.2, -0.15) is 0 Å². The van der Waals surface area contributed by atoms with Gasteiger partial charge in [0.2, 0.25) is 0 Å². The number of hydrogen-bond donors (Lipinski definition) is 2. The number of fused-ring (bicyclic) bond motifs is 1. The molecule has 1 aliphatic carbocycles. The summed E-state index contributed by atoms with van der Waals surface area (Å²) in [5.41, 5.74) is 1.33. The van der Waals surface area contributed by atoms with Gasteiger partial charge in [0, 0.05) is 11.4 Å². The Morgan fingerprint density at radius 2 is 2.19 bits per heavy atom. The normalized spacial score (nSPS) is 17.9. The highest BCUT2D eigenvalue weighted by Gasteiger charge is 2.16. The summed E-state index contributed by atoms with van der Waals surface area (Å²) in [6.45, 7) is 2.95. The second-order valence-corrected chi connectivity index (χ2v) is 5.50. The number of nitrogens with one attached hydrogen (secondary N) is 1. The Labute approximate surface area is 101 Å². The quantitative estimate of drug-likeness (QED) is 0.792. The van der Waals surface area contributed by atoms with Crippen molar-refractivity contribution in [2.24, 2.45) is 0 Å². The molecule has 16 heavy (non-hydrogen) atoms. The van der Waals surface area contributed by atoms with Crippen LogP contribution in [0, 0.1) is 0 Å². The van der Waals surface area contributed by atoms with E-state index in [0.717, 1.165) is 6.42 Å². The van der Waals surface area contributed by atoms with Crippen LogP contribution in [-0.2, 0) is 12.8 Å². The summed E-state index contributed by atoms with van der Waals surface area (Å²) in [5, 5.41) is 13.2. The van der Waals surface area contributed by atoms with Crippen LogP contribution < -0.4 is 5.32 Å². The molecule has 4 heteroatoms. The smallest absolute Gasteiger partial charge is 0.110 e. The van der Waals surface area contributed by atoms with E-state index in [1.165, 1.54) is 41.3 Å². The van der Waals surface area contributed by atoms with Gasteiger partial charge < -0.3 is 10.4 Å². The lowest BCUT2D eigenvalue weighted by molar-refractivity contribution is 0.286. The van der Waals surface area contributed by atoms with Crippen molar-refractivity contribution in [2.75, 3.05) is 13.2 Å². The fourth-order valence-electron chi connectivity index (χ4n) is 2.10. The van der Waals surface area contributed by atoms with Crippen LogP contribution in [0.1, 0.15) is 47.8 Å². The first-order chi connectivity index (χ1) is 7.81. The van der Waals surface area contributed by atoms with Gasteiger partial charge in [0.1, 0.15) is 5.01 Å². The van der Waals surface area contributed by atoms with Gasteiger partial charge >= 0.3 is 0 Å². The van der Waals surface area contributed by atoms with E-state index < -0.39 is 0 Å². The lowest BCUT2D eigenvalue weighted by Gasteiger charge is -2.09. The number of rotatable bonds is 4. The van der Waals surface area contributed by atoms with E-state index >= 15 is 0 Å². The first-order valence-electron chi connectivity index (χ1n) is 6.14. The van der Waals surface area contributed by atoms with Gasteiger partial charge in [0.15, 0.2) is 0 Å². The molecule has 0 saturated carbocycles. The molecule has 0 fully saturated rings. The summed E-state index contributed by atoms with van der Waals surface area (Å²) in [4.78, 5) is 6.23. The first kappa shape index (κ1) is 12.0. The molecule has 1 aromatic rings. The van der Waals surface area contributed by atoms with Crippen LogP contribution in [0.15, 0.2) is 0 Å². The second-order valence-electron chi connectivity index (χ2n) is 4.38. The van der Waals surface area contributed by atoms with E-state index in [9.17, 15) is 0 Å². The molecule has 0 aliphatic heterocycles. The summed E-state index contributed by atoms with van der Waals surface area (Å²) >= 11 is 1.85. The van der Waals surface area contributed by atoms with Crippen molar-refractivity contribution in [1.82, 2.24) is 10.3 Å². The van der Waals surface area contributed by atoms with Gasteiger partial charge in [0.05, 0.1) is 18.3 Å². The first-order valence-corrected chi connectivity index (χ1v) is 6.95. The molecule has 3 nitrogen and oxygen atoms in total. The predicted octanol–water partition coefficient (Wildman–Crippen LogP) is 2.05. The zero-order chi connectivity index (χ0) is 11.4. The number of aliphatic hydroxyl groups excluding tert-OH is 1. The molecule has 1 aromatic heterocycles. The maximum absolute atomic E-state index is 8.78. The standard InChI is InChI=1S/C12H20N2OS/c1-9(13-7-8-15)12-14-10-5-3-2-4-6-11(10)16-12/h9,13,15H,2-8H2,1H3. The molecule has 2 rings (SSSR count). The highest BCUT2D eigenvalue weighted by atomic mass is 32.1. The van der Waals surface area contributed by atoms with E-state index in [0.29, 0.717) is 6.54 Å². The fourth-order valence-corrected chi connectivity index (χ4v) is 3.28. The zero-order valence-corrected chi connectivity index (χ0v) is 10.6. The SMILES string of the molecule is CC(NCCO)c1nc2c(s1)CCCCC2. The molecule has 1 atom stereocenters. The molecule has 2 N–H and O–H groups in total. The van der Waals surface area contributed by atoms with Crippen molar-refractivity contribution < 1.29 is 5.11 Å². The van der Waals surface area contributed by atoms with Gasteiger partial charge in [0.25, 0.3) is 0 Å². The summed E-state index contributed by atoms with van der Waals surface area (Å²) < 4.78 is 0. The monoisotopic (exact) mass is 240 g/mol. The Morgan fingerprint density at radius 3 is 3.00 bits per heavy atom. The van der Waals surface area contributed by atoms with Gasteiger partial charge in [-0.3, -0.25) is 0 Å². The van der Waals surface area contributed by atoms with Gasteiger partial charge in [-0.1, -0.05) is 6.42 Å². The van der Waals surface area contributed by atoms with Crippen molar-refractivity contribution in [3.05, 3.63) is 15.6 Å². The number of aryl methyl sites for hydroxylation is 2. The van der Waals surface area contributed by atoms with Crippen molar-refractivity contribution in [3.63, 3.8) is 0 Å². The molecule has 0 aromatic carbocycles. The van der Waals surface area contributed by atoms with Gasteiger partial charge in [-0.05, 0) is 32.6 Å². The van der Waals surface area contributed by atoms with Gasteiger partial charge in [-0.15, -0.1) is 11.3 Å². The third-order valence-electron chi connectivity index (χ3n) is 3.04. The fraction of sp³-hybridized carbons (Fsp3) is 0.750. The van der Waals surface area contributed by atoms with Crippen molar-refractivity contribution in [1.29, 1.82) is 0 Å². The largest absolute Gasteiger partial charge is 0.395 e. The molecule has 1 aliphatic rings. The maximum Gasteiger partial charge on any atom is 0.110 e. The van der Waals surface area contributed by atoms with Crippen molar-refractivity contribution in [2.45, 2.75) is 45.1 Å². The lowest BCUT2D eigenvalue weighted by Crippen LogP contribution is -2.21. The van der Waals surface area contributed by atoms with Crippen LogP contribution in [0.4, 0.5) is 0 Å². The molecule has 0 saturated heterocycles. The number of thiazole rings is 1. The van der Waals surface area contributed by atoms with Crippen LogP contribution in [0.3, 0.4) is 0 Å². The summed E-state index contributed by atoms with van der Waals surface area (Å²) in [6.07, 6.45) is 6.30. The average molecular weight is 240 g/mol. The molecule has 0 bridgehead atoms. The third-order valence-corrected chi connectivity index (χ3v) is 4.39. The topological polar surface area (TPSA) is 45.1 Å². The Kier molecular flexibility index (Phi) is 4.32. The van der Waals surface area contributed by atoms with E-state index in [1.54, 1.807) is 0 Å². The molecule has 90 valence electrons. The highest BCUT2D eigenvalue weighted by molar-refractivity contribution is 7.11. The number of nitrogens with zero attached hydrogens (tertiary/aromatic N) is 1. The predicted molar refractivity (Wildman–Crippen MR) is 66.9 cm³/mol. The van der Waals surface area contributed by atoms with Crippen LogP contribution >= 0.6 is 11.3 Å². The second kappa shape index (κ2) is 5.75. The van der Waals surface area contributed by atoms with Crippen molar-refractivity contribution in [3.8, 4) is 0 Å². The van der Waals surface area contributed by atoms with Crippen LogP contribution in [0.25, 0.3) is 0 Å². The molecular formula is C12H20N2OS. The Morgan fingerprint density at radius 1 is 1.38 bits per heavy atom. The summed E-state index contributed by atoms with van der Waals surface area (Å²) in [5.74, 6) is 0. The number of aliphatic hydroxyl groups is 1. The van der Waals surface area contributed by atoms with Crippen LogP contribution in [-0.4, -0.2) is 23.2 Å².